The number of guanidine groups is 1. The van der Waals surface area contributed by atoms with Crippen LogP contribution in [0, 0.1) is 0 Å². The van der Waals surface area contributed by atoms with Gasteiger partial charge in [-0.25, -0.2) is 9.67 Å². The number of ether oxygens (including phenoxy) is 3. The third-order valence-electron chi connectivity index (χ3n) is 4.63. The zero-order valence-electron chi connectivity index (χ0n) is 18.8. The van der Waals surface area contributed by atoms with E-state index in [0.717, 1.165) is 29.3 Å². The second kappa shape index (κ2) is 12.8. The minimum Gasteiger partial charge on any atom is -0.493 e. The fraction of sp³-hybridized carbons (Fsp3) is 0.304. The minimum atomic E-state index is 0. The highest BCUT2D eigenvalue weighted by Crippen LogP contribution is 2.38. The molecule has 9 heteroatoms. The van der Waals surface area contributed by atoms with Gasteiger partial charge >= 0.3 is 0 Å². The number of aromatic nitrogens is 2. The molecular weight excluding hydrogens is 521 g/mol. The number of rotatable bonds is 9. The van der Waals surface area contributed by atoms with Crippen molar-refractivity contribution in [2.75, 3.05) is 27.9 Å². The summed E-state index contributed by atoms with van der Waals surface area (Å²) in [5.41, 5.74) is 3.10. The van der Waals surface area contributed by atoms with Crippen molar-refractivity contribution in [3.8, 4) is 22.9 Å². The summed E-state index contributed by atoms with van der Waals surface area (Å²) in [7, 11) is 4.80. The first-order valence-corrected chi connectivity index (χ1v) is 10.1. The van der Waals surface area contributed by atoms with Crippen molar-refractivity contribution >= 4 is 29.9 Å². The number of halogens is 1. The van der Waals surface area contributed by atoms with Crippen molar-refractivity contribution < 1.29 is 14.2 Å². The molecule has 0 saturated heterocycles. The van der Waals surface area contributed by atoms with Crippen molar-refractivity contribution in [3.63, 3.8) is 0 Å². The predicted octanol–water partition coefficient (Wildman–Crippen LogP) is 3.77. The van der Waals surface area contributed by atoms with E-state index in [1.54, 1.807) is 27.5 Å². The molecule has 0 fully saturated rings. The van der Waals surface area contributed by atoms with E-state index in [1.807, 2.05) is 48.1 Å². The molecule has 1 aromatic heterocycles. The molecule has 0 unspecified atom stereocenters. The Balaban J connectivity index is 0.00000363. The van der Waals surface area contributed by atoms with Crippen molar-refractivity contribution in [1.82, 2.24) is 20.4 Å². The molecule has 0 amide bonds. The number of hydrogen-bond acceptors (Lipinski definition) is 5. The van der Waals surface area contributed by atoms with Gasteiger partial charge in [-0.2, -0.15) is 5.10 Å². The summed E-state index contributed by atoms with van der Waals surface area (Å²) in [6, 6.07) is 13.9. The van der Waals surface area contributed by atoms with E-state index >= 15 is 0 Å². The van der Waals surface area contributed by atoms with Gasteiger partial charge in [0.25, 0.3) is 0 Å². The van der Waals surface area contributed by atoms with Crippen LogP contribution in [-0.4, -0.2) is 43.6 Å². The molecule has 3 rings (SSSR count). The van der Waals surface area contributed by atoms with E-state index in [1.165, 1.54) is 0 Å². The van der Waals surface area contributed by atoms with E-state index in [4.69, 9.17) is 19.2 Å². The molecule has 0 spiro atoms. The van der Waals surface area contributed by atoms with Gasteiger partial charge in [-0.1, -0.05) is 12.1 Å². The molecule has 0 aliphatic rings. The maximum Gasteiger partial charge on any atom is 0.203 e. The molecule has 0 aliphatic carbocycles. The topological polar surface area (TPSA) is 81.9 Å². The Hall–Kier alpha value is -2.95. The maximum absolute atomic E-state index is 5.43. The lowest BCUT2D eigenvalue weighted by atomic mass is 10.2. The van der Waals surface area contributed by atoms with Crippen LogP contribution in [0.5, 0.6) is 17.2 Å². The van der Waals surface area contributed by atoms with Gasteiger partial charge < -0.3 is 24.8 Å². The number of benzene rings is 2. The summed E-state index contributed by atoms with van der Waals surface area (Å²) < 4.78 is 18.1. The largest absolute Gasteiger partial charge is 0.493 e. The molecule has 0 atom stereocenters. The smallest absolute Gasteiger partial charge is 0.203 e. The lowest BCUT2D eigenvalue weighted by molar-refractivity contribution is 0.324. The minimum absolute atomic E-state index is 0. The van der Waals surface area contributed by atoms with Crippen LogP contribution in [0.2, 0.25) is 0 Å². The highest BCUT2D eigenvalue weighted by molar-refractivity contribution is 14.0. The molecule has 0 aliphatic heterocycles. The summed E-state index contributed by atoms with van der Waals surface area (Å²) in [6.07, 6.45) is 3.69. The van der Waals surface area contributed by atoms with Gasteiger partial charge in [0, 0.05) is 25.5 Å². The molecule has 172 valence electrons. The molecule has 32 heavy (non-hydrogen) atoms. The fourth-order valence-corrected chi connectivity index (χ4v) is 3.16. The number of aliphatic imine (C=N–C) groups is 1. The summed E-state index contributed by atoms with van der Waals surface area (Å²) >= 11 is 0. The van der Waals surface area contributed by atoms with Gasteiger partial charge in [-0.05, 0) is 48.4 Å². The second-order valence-electron chi connectivity index (χ2n) is 6.70. The Bertz CT molecular complexity index is 984. The van der Waals surface area contributed by atoms with Gasteiger partial charge in [-0.3, -0.25) is 0 Å². The second-order valence-corrected chi connectivity index (χ2v) is 6.70. The summed E-state index contributed by atoms with van der Waals surface area (Å²) in [5, 5.41) is 10.9. The molecule has 8 nitrogen and oxygen atoms in total. The van der Waals surface area contributed by atoms with E-state index in [-0.39, 0.29) is 24.0 Å². The zero-order chi connectivity index (χ0) is 22.1. The summed E-state index contributed by atoms with van der Waals surface area (Å²) in [4.78, 5) is 4.70. The summed E-state index contributed by atoms with van der Waals surface area (Å²) in [5.74, 6) is 2.52. The van der Waals surface area contributed by atoms with Gasteiger partial charge in [-0.15, -0.1) is 24.0 Å². The Morgan fingerprint density at radius 3 is 2.31 bits per heavy atom. The molecule has 3 aromatic rings. The van der Waals surface area contributed by atoms with Crippen LogP contribution < -0.4 is 24.8 Å². The fourth-order valence-electron chi connectivity index (χ4n) is 3.16. The Labute approximate surface area is 206 Å². The van der Waals surface area contributed by atoms with Gasteiger partial charge in [0.15, 0.2) is 17.5 Å². The molecule has 0 radical (unpaired) electrons. The predicted molar refractivity (Wildman–Crippen MR) is 137 cm³/mol. The molecule has 2 aromatic carbocycles. The monoisotopic (exact) mass is 551 g/mol. The lowest BCUT2D eigenvalue weighted by Crippen LogP contribution is -2.36. The van der Waals surface area contributed by atoms with Crippen molar-refractivity contribution in [3.05, 3.63) is 66.0 Å². The average Bonchev–Trinajstić information content (AvgIpc) is 3.35. The molecule has 0 bridgehead atoms. The molecular formula is C23H30IN5O3. The number of nitrogens with one attached hydrogen (secondary N) is 2. The van der Waals surface area contributed by atoms with Crippen LogP contribution in [0.25, 0.3) is 5.69 Å². The first-order valence-electron chi connectivity index (χ1n) is 10.1. The van der Waals surface area contributed by atoms with Gasteiger partial charge in [0.05, 0.1) is 33.6 Å². The standard InChI is InChI=1S/C23H29N5O3.HI/c1-5-24-23(25-15-17-8-6-9-19(12-17)28-11-7-10-27-28)26-16-18-13-20(29-2)22(31-4)21(14-18)30-3;/h6-14H,5,15-16H2,1-4H3,(H2,24,25,26);1H. The van der Waals surface area contributed by atoms with Crippen LogP contribution in [0.15, 0.2) is 59.9 Å². The number of hydrogen-bond donors (Lipinski definition) is 2. The maximum atomic E-state index is 5.43. The molecule has 1 heterocycles. The van der Waals surface area contributed by atoms with E-state index < -0.39 is 0 Å². The van der Waals surface area contributed by atoms with Crippen LogP contribution in [0.1, 0.15) is 18.1 Å². The third kappa shape index (κ3) is 6.52. The van der Waals surface area contributed by atoms with Gasteiger partial charge in [0.1, 0.15) is 0 Å². The van der Waals surface area contributed by atoms with Crippen LogP contribution in [-0.2, 0) is 13.1 Å². The van der Waals surface area contributed by atoms with E-state index in [0.29, 0.717) is 30.3 Å². The Morgan fingerprint density at radius 1 is 0.969 bits per heavy atom. The van der Waals surface area contributed by atoms with E-state index in [2.05, 4.69) is 27.9 Å². The average molecular weight is 551 g/mol. The Morgan fingerprint density at radius 2 is 1.72 bits per heavy atom. The van der Waals surface area contributed by atoms with Crippen LogP contribution in [0.4, 0.5) is 0 Å². The molecule has 2 N–H and O–H groups in total. The highest BCUT2D eigenvalue weighted by atomic mass is 127. The van der Waals surface area contributed by atoms with Crippen molar-refractivity contribution in [2.45, 2.75) is 20.0 Å². The SMILES string of the molecule is CCNC(=NCc1cc(OC)c(OC)c(OC)c1)NCc1cccc(-n2cccn2)c1.I. The normalized spacial score (nSPS) is 10.8. The van der Waals surface area contributed by atoms with Gasteiger partial charge in [0.2, 0.25) is 5.75 Å². The number of methoxy groups -OCH3 is 3. The summed E-state index contributed by atoms with van der Waals surface area (Å²) in [6.45, 7) is 3.89. The van der Waals surface area contributed by atoms with E-state index in [9.17, 15) is 0 Å². The lowest BCUT2D eigenvalue weighted by Gasteiger charge is -2.14. The van der Waals surface area contributed by atoms with Crippen molar-refractivity contribution in [2.24, 2.45) is 4.99 Å². The van der Waals surface area contributed by atoms with Crippen molar-refractivity contribution in [1.29, 1.82) is 0 Å². The highest BCUT2D eigenvalue weighted by Gasteiger charge is 2.13. The van der Waals surface area contributed by atoms with Crippen LogP contribution >= 0.6 is 24.0 Å². The zero-order valence-corrected chi connectivity index (χ0v) is 21.1. The number of nitrogens with zero attached hydrogens (tertiary/aromatic N) is 3. The quantitative estimate of drug-likeness (QED) is 0.240. The third-order valence-corrected chi connectivity index (χ3v) is 4.63. The first-order chi connectivity index (χ1) is 15.2. The first kappa shape index (κ1) is 25.3. The molecule has 0 saturated carbocycles. The van der Waals surface area contributed by atoms with Crippen LogP contribution in [0.3, 0.4) is 0 Å². The Kier molecular flexibility index (Phi) is 10.1.